The van der Waals surface area contributed by atoms with E-state index in [4.69, 9.17) is 10.6 Å². The number of nitrogens with one attached hydrogen (secondary N) is 1. The molecule has 3 nitrogen and oxygen atoms in total. The Morgan fingerprint density at radius 1 is 1.28 bits per heavy atom. The fourth-order valence-electron chi connectivity index (χ4n) is 3.30. The van der Waals surface area contributed by atoms with Crippen LogP contribution in [0.3, 0.4) is 0 Å². The van der Waals surface area contributed by atoms with Crippen LogP contribution in [0, 0.1) is 5.92 Å². The van der Waals surface area contributed by atoms with Crippen molar-refractivity contribution in [3.05, 3.63) is 35.9 Å². The van der Waals surface area contributed by atoms with E-state index in [2.05, 4.69) is 42.7 Å². The zero-order chi connectivity index (χ0) is 12.5. The molecule has 0 amide bonds. The van der Waals surface area contributed by atoms with Gasteiger partial charge in [0, 0.05) is 0 Å². The number of ether oxygens (including phenoxy) is 1. The molecule has 3 heteroatoms. The van der Waals surface area contributed by atoms with E-state index in [1.54, 1.807) is 0 Å². The van der Waals surface area contributed by atoms with Gasteiger partial charge in [-0.05, 0) is 43.6 Å². The molecule has 1 aliphatic heterocycles. The van der Waals surface area contributed by atoms with Crippen LogP contribution in [0.25, 0.3) is 0 Å². The van der Waals surface area contributed by atoms with Gasteiger partial charge in [0.2, 0.25) is 0 Å². The maximum absolute atomic E-state index is 5.96. The normalized spacial score (nSPS) is 36.6. The van der Waals surface area contributed by atoms with E-state index in [1.807, 2.05) is 0 Å². The van der Waals surface area contributed by atoms with Crippen molar-refractivity contribution in [1.82, 2.24) is 5.43 Å². The molecule has 1 aromatic carbocycles. The van der Waals surface area contributed by atoms with Crippen LogP contribution in [0.15, 0.2) is 30.3 Å². The monoisotopic (exact) mass is 246 g/mol. The van der Waals surface area contributed by atoms with E-state index in [0.717, 1.165) is 12.8 Å². The van der Waals surface area contributed by atoms with Gasteiger partial charge < -0.3 is 4.74 Å². The minimum Gasteiger partial charge on any atom is -0.374 e. The number of hydrazine groups is 1. The molecular weight excluding hydrogens is 224 g/mol. The molecule has 2 aliphatic rings. The second-order valence-corrected chi connectivity index (χ2v) is 5.67. The summed E-state index contributed by atoms with van der Waals surface area (Å²) in [5.41, 5.74) is 4.44. The van der Waals surface area contributed by atoms with E-state index in [-0.39, 0.29) is 0 Å². The Morgan fingerprint density at radius 2 is 2.06 bits per heavy atom. The number of benzene rings is 1. The van der Waals surface area contributed by atoms with Gasteiger partial charge in [-0.15, -0.1) is 0 Å². The molecule has 3 N–H and O–H groups in total. The Hall–Kier alpha value is -0.900. The van der Waals surface area contributed by atoms with Crippen LogP contribution in [0.4, 0.5) is 0 Å². The Kier molecular flexibility index (Phi) is 3.37. The van der Waals surface area contributed by atoms with Crippen molar-refractivity contribution in [2.24, 2.45) is 11.8 Å². The van der Waals surface area contributed by atoms with Gasteiger partial charge in [0.05, 0.1) is 18.2 Å². The zero-order valence-electron chi connectivity index (χ0n) is 10.9. The van der Waals surface area contributed by atoms with Gasteiger partial charge in [-0.25, -0.2) is 0 Å². The first-order valence-corrected chi connectivity index (χ1v) is 6.96. The summed E-state index contributed by atoms with van der Waals surface area (Å²) in [6.07, 6.45) is 4.20. The third-order valence-corrected chi connectivity index (χ3v) is 4.39. The summed E-state index contributed by atoms with van der Waals surface area (Å²) in [6.45, 7) is 2.15. The van der Waals surface area contributed by atoms with Gasteiger partial charge >= 0.3 is 0 Å². The summed E-state index contributed by atoms with van der Waals surface area (Å²) in [6, 6.07) is 11.0. The molecular formula is C15H22N2O. The topological polar surface area (TPSA) is 47.3 Å². The smallest absolute Gasteiger partial charge is 0.0749 e. The van der Waals surface area contributed by atoms with Gasteiger partial charge in [-0.1, -0.05) is 30.3 Å². The molecule has 3 rings (SSSR count). The van der Waals surface area contributed by atoms with E-state index in [1.165, 1.54) is 12.0 Å². The molecule has 1 aliphatic carbocycles. The number of hydrogen-bond donors (Lipinski definition) is 2. The number of nitrogens with two attached hydrogens (primary N) is 1. The van der Waals surface area contributed by atoms with Crippen LogP contribution < -0.4 is 11.3 Å². The van der Waals surface area contributed by atoms with Crippen LogP contribution in [-0.2, 0) is 4.74 Å². The average Bonchev–Trinajstić information content (AvgIpc) is 3.07. The lowest BCUT2D eigenvalue weighted by Gasteiger charge is -2.23. The molecule has 1 aromatic rings. The molecule has 0 bridgehead atoms. The summed E-state index contributed by atoms with van der Waals surface area (Å²) in [7, 11) is 0. The maximum atomic E-state index is 5.96. The molecule has 0 radical (unpaired) electrons. The average molecular weight is 246 g/mol. The molecule has 2 fully saturated rings. The van der Waals surface area contributed by atoms with Crippen molar-refractivity contribution >= 4 is 0 Å². The Balaban J connectivity index is 1.65. The fraction of sp³-hybridized carbons (Fsp3) is 0.600. The molecule has 0 spiro atoms. The van der Waals surface area contributed by atoms with E-state index in [9.17, 15) is 0 Å². The molecule has 0 aromatic heterocycles. The van der Waals surface area contributed by atoms with Crippen LogP contribution in [0.2, 0.25) is 0 Å². The molecule has 1 heterocycles. The van der Waals surface area contributed by atoms with Crippen LogP contribution in [0.1, 0.15) is 37.7 Å². The highest BCUT2D eigenvalue weighted by Crippen LogP contribution is 2.51. The summed E-state index contributed by atoms with van der Waals surface area (Å²) in [5, 5.41) is 0. The first-order valence-electron chi connectivity index (χ1n) is 6.96. The third kappa shape index (κ3) is 2.30. The second-order valence-electron chi connectivity index (χ2n) is 5.67. The molecule has 1 saturated carbocycles. The lowest BCUT2D eigenvalue weighted by Crippen LogP contribution is -2.45. The summed E-state index contributed by atoms with van der Waals surface area (Å²) in [5.74, 6) is 7.04. The molecule has 18 heavy (non-hydrogen) atoms. The van der Waals surface area contributed by atoms with Crippen LogP contribution >= 0.6 is 0 Å². The molecule has 5 atom stereocenters. The quantitative estimate of drug-likeness (QED) is 0.632. The fourth-order valence-corrected chi connectivity index (χ4v) is 3.30. The lowest BCUT2D eigenvalue weighted by molar-refractivity contribution is 0.0264. The Labute approximate surface area is 109 Å². The van der Waals surface area contributed by atoms with Crippen molar-refractivity contribution in [3.63, 3.8) is 0 Å². The summed E-state index contributed by atoms with van der Waals surface area (Å²) >= 11 is 0. The maximum Gasteiger partial charge on any atom is 0.0749 e. The molecule has 1 saturated heterocycles. The van der Waals surface area contributed by atoms with Gasteiger partial charge in [0.1, 0.15) is 0 Å². The zero-order valence-corrected chi connectivity index (χ0v) is 10.9. The standard InChI is InChI=1S/C15H22N2O/c1-10-7-8-14(18-10)15(17-16)13-9-12(13)11-5-3-2-4-6-11/h2-6,10,12-15,17H,7-9,16H2,1H3. The second kappa shape index (κ2) is 5.00. The lowest BCUT2D eigenvalue weighted by atomic mass is 10.00. The van der Waals surface area contributed by atoms with Crippen molar-refractivity contribution in [2.45, 2.75) is 50.4 Å². The number of hydrogen-bond acceptors (Lipinski definition) is 3. The largest absolute Gasteiger partial charge is 0.374 e. The first kappa shape index (κ1) is 12.2. The highest BCUT2D eigenvalue weighted by Gasteiger charge is 2.47. The number of rotatable bonds is 4. The Bertz CT molecular complexity index is 395. The van der Waals surface area contributed by atoms with Crippen molar-refractivity contribution in [2.75, 3.05) is 0 Å². The van der Waals surface area contributed by atoms with Gasteiger partial charge in [-0.2, -0.15) is 0 Å². The molecule has 98 valence electrons. The van der Waals surface area contributed by atoms with E-state index < -0.39 is 0 Å². The van der Waals surface area contributed by atoms with Crippen molar-refractivity contribution < 1.29 is 4.74 Å². The van der Waals surface area contributed by atoms with E-state index in [0.29, 0.717) is 30.1 Å². The van der Waals surface area contributed by atoms with E-state index >= 15 is 0 Å². The highest BCUT2D eigenvalue weighted by molar-refractivity contribution is 5.27. The Morgan fingerprint density at radius 3 is 2.67 bits per heavy atom. The van der Waals surface area contributed by atoms with Gasteiger partial charge in [0.25, 0.3) is 0 Å². The third-order valence-electron chi connectivity index (χ3n) is 4.39. The highest BCUT2D eigenvalue weighted by atomic mass is 16.5. The van der Waals surface area contributed by atoms with Gasteiger partial charge in [-0.3, -0.25) is 11.3 Å². The predicted octanol–water partition coefficient (Wildman–Crippen LogP) is 2.19. The minimum atomic E-state index is 0.295. The minimum absolute atomic E-state index is 0.295. The van der Waals surface area contributed by atoms with Crippen molar-refractivity contribution in [3.8, 4) is 0 Å². The van der Waals surface area contributed by atoms with Gasteiger partial charge in [0.15, 0.2) is 0 Å². The predicted molar refractivity (Wildman–Crippen MR) is 72.0 cm³/mol. The summed E-state index contributed by atoms with van der Waals surface area (Å²) in [4.78, 5) is 0. The van der Waals surface area contributed by atoms with Crippen LogP contribution in [-0.4, -0.2) is 18.2 Å². The van der Waals surface area contributed by atoms with Crippen LogP contribution in [0.5, 0.6) is 0 Å². The molecule has 5 unspecified atom stereocenters. The van der Waals surface area contributed by atoms with Crippen molar-refractivity contribution in [1.29, 1.82) is 0 Å². The first-order chi connectivity index (χ1) is 8.79. The summed E-state index contributed by atoms with van der Waals surface area (Å²) < 4.78 is 5.96. The SMILES string of the molecule is CC1CCC(C(NN)C2CC2c2ccccc2)O1.